The first-order valence-electron chi connectivity index (χ1n) is 6.09. The summed E-state index contributed by atoms with van der Waals surface area (Å²) in [6.45, 7) is 3.02. The van der Waals surface area contributed by atoms with Crippen molar-refractivity contribution in [3.63, 3.8) is 0 Å². The minimum atomic E-state index is -1.19. The van der Waals surface area contributed by atoms with E-state index >= 15 is 0 Å². The number of aryl methyl sites for hydroxylation is 1. The van der Waals surface area contributed by atoms with E-state index in [2.05, 4.69) is 4.98 Å². The van der Waals surface area contributed by atoms with Crippen molar-refractivity contribution in [3.05, 3.63) is 46.3 Å². The predicted octanol–water partition coefficient (Wildman–Crippen LogP) is 1.75. The molecule has 0 fully saturated rings. The number of nitro groups is 1. The van der Waals surface area contributed by atoms with Crippen molar-refractivity contribution in [2.75, 3.05) is 0 Å². The van der Waals surface area contributed by atoms with Crippen LogP contribution in [-0.4, -0.2) is 30.1 Å². The van der Waals surface area contributed by atoms with Crippen LogP contribution in [0.25, 0.3) is 0 Å². The molecule has 0 unspecified atom stereocenters. The Hall–Kier alpha value is -2.64. The van der Waals surface area contributed by atoms with Gasteiger partial charge in [-0.05, 0) is 6.42 Å². The summed E-state index contributed by atoms with van der Waals surface area (Å²) in [6, 6.07) is 1.06. The molecule has 20 heavy (non-hydrogen) atoms. The van der Waals surface area contributed by atoms with Crippen LogP contribution < -0.4 is 0 Å². The summed E-state index contributed by atoms with van der Waals surface area (Å²) in [5, 5.41) is 19.8. The van der Waals surface area contributed by atoms with Gasteiger partial charge in [-0.3, -0.25) is 10.1 Å². The largest absolute Gasteiger partial charge is 0.477 e. The highest BCUT2D eigenvalue weighted by atomic mass is 16.6. The number of aromatic carboxylic acids is 1. The minimum Gasteiger partial charge on any atom is -0.477 e. The number of carbonyl (C=O) groups is 1. The van der Waals surface area contributed by atoms with Crippen molar-refractivity contribution >= 4 is 11.7 Å². The SMILES string of the molecule is CCCn1cncc1Cn1cc([N+](=O)[O-])cc1C(=O)O. The Labute approximate surface area is 114 Å². The molecule has 2 aromatic rings. The second-order valence-corrected chi connectivity index (χ2v) is 4.35. The molecule has 0 atom stereocenters. The molecule has 8 nitrogen and oxygen atoms in total. The van der Waals surface area contributed by atoms with E-state index in [9.17, 15) is 14.9 Å². The number of hydrogen-bond acceptors (Lipinski definition) is 4. The third kappa shape index (κ3) is 2.68. The first-order chi connectivity index (χ1) is 9.52. The topological polar surface area (TPSA) is 103 Å². The van der Waals surface area contributed by atoms with Crippen molar-refractivity contribution in [3.8, 4) is 0 Å². The molecule has 0 bridgehead atoms. The molecular weight excluding hydrogens is 264 g/mol. The van der Waals surface area contributed by atoms with Crippen molar-refractivity contribution in [1.29, 1.82) is 0 Å². The molecule has 0 aliphatic carbocycles. The lowest BCUT2D eigenvalue weighted by molar-refractivity contribution is -0.384. The first kappa shape index (κ1) is 13.8. The van der Waals surface area contributed by atoms with E-state index in [1.807, 2.05) is 11.5 Å². The van der Waals surface area contributed by atoms with Crippen LogP contribution in [-0.2, 0) is 13.1 Å². The zero-order valence-corrected chi connectivity index (χ0v) is 10.9. The van der Waals surface area contributed by atoms with Crippen LogP contribution in [0.2, 0.25) is 0 Å². The molecule has 0 aliphatic heterocycles. The van der Waals surface area contributed by atoms with E-state index < -0.39 is 10.9 Å². The Morgan fingerprint density at radius 2 is 2.25 bits per heavy atom. The molecule has 0 saturated heterocycles. The molecule has 8 heteroatoms. The van der Waals surface area contributed by atoms with Gasteiger partial charge in [-0.15, -0.1) is 0 Å². The number of nitrogens with zero attached hydrogens (tertiary/aromatic N) is 4. The molecule has 0 aromatic carbocycles. The smallest absolute Gasteiger partial charge is 0.352 e. The Balaban J connectivity index is 2.34. The number of hydrogen-bond donors (Lipinski definition) is 1. The molecule has 0 radical (unpaired) electrons. The normalized spacial score (nSPS) is 10.7. The molecule has 106 valence electrons. The zero-order chi connectivity index (χ0) is 14.7. The second-order valence-electron chi connectivity index (χ2n) is 4.35. The maximum absolute atomic E-state index is 11.1. The second kappa shape index (κ2) is 5.55. The summed E-state index contributed by atoms with van der Waals surface area (Å²) < 4.78 is 3.25. The lowest BCUT2D eigenvalue weighted by atomic mass is 10.4. The summed E-state index contributed by atoms with van der Waals surface area (Å²) >= 11 is 0. The Morgan fingerprint density at radius 1 is 1.50 bits per heavy atom. The van der Waals surface area contributed by atoms with Crippen molar-refractivity contribution in [2.45, 2.75) is 26.4 Å². The fourth-order valence-electron chi connectivity index (χ4n) is 2.00. The van der Waals surface area contributed by atoms with E-state index in [4.69, 9.17) is 5.11 Å². The summed E-state index contributed by atoms with van der Waals surface area (Å²) in [4.78, 5) is 25.3. The quantitative estimate of drug-likeness (QED) is 0.640. The third-order valence-electron chi connectivity index (χ3n) is 2.91. The van der Waals surface area contributed by atoms with Gasteiger partial charge in [0.15, 0.2) is 0 Å². The molecule has 2 heterocycles. The fraction of sp³-hybridized carbons (Fsp3) is 0.333. The van der Waals surface area contributed by atoms with E-state index in [-0.39, 0.29) is 17.9 Å². The number of aromatic nitrogens is 3. The Bertz CT molecular complexity index is 644. The Morgan fingerprint density at radius 3 is 2.85 bits per heavy atom. The minimum absolute atomic E-state index is 0.110. The molecule has 0 aliphatic rings. The molecule has 1 N–H and O–H groups in total. The Kier molecular flexibility index (Phi) is 3.83. The summed E-state index contributed by atoms with van der Waals surface area (Å²) in [7, 11) is 0. The van der Waals surface area contributed by atoms with Crippen LogP contribution in [0.1, 0.15) is 29.5 Å². The highest BCUT2D eigenvalue weighted by molar-refractivity contribution is 5.86. The third-order valence-corrected chi connectivity index (χ3v) is 2.91. The number of rotatable bonds is 6. The van der Waals surface area contributed by atoms with E-state index in [0.717, 1.165) is 24.7 Å². The average molecular weight is 278 g/mol. The zero-order valence-electron chi connectivity index (χ0n) is 10.9. The highest BCUT2D eigenvalue weighted by Gasteiger charge is 2.19. The van der Waals surface area contributed by atoms with Gasteiger partial charge in [0.25, 0.3) is 5.69 Å². The van der Waals surface area contributed by atoms with Crippen molar-refractivity contribution in [2.24, 2.45) is 0 Å². The summed E-state index contributed by atoms with van der Waals surface area (Å²) in [5.74, 6) is -1.19. The van der Waals surface area contributed by atoms with Gasteiger partial charge in [0.2, 0.25) is 0 Å². The van der Waals surface area contributed by atoms with Crippen LogP contribution in [0, 0.1) is 10.1 Å². The number of carboxylic acid groups (broad SMARTS) is 1. The van der Waals surface area contributed by atoms with Gasteiger partial charge in [0.1, 0.15) is 5.69 Å². The van der Waals surface area contributed by atoms with Gasteiger partial charge < -0.3 is 14.2 Å². The van der Waals surface area contributed by atoms with Gasteiger partial charge in [-0.25, -0.2) is 9.78 Å². The van der Waals surface area contributed by atoms with Gasteiger partial charge in [0, 0.05) is 18.8 Å². The van der Waals surface area contributed by atoms with Gasteiger partial charge >= 0.3 is 5.97 Å². The maximum Gasteiger partial charge on any atom is 0.352 e. The molecule has 0 amide bonds. The lowest BCUT2D eigenvalue weighted by Crippen LogP contribution is -2.11. The van der Waals surface area contributed by atoms with E-state index in [1.54, 1.807) is 12.5 Å². The summed E-state index contributed by atoms with van der Waals surface area (Å²) in [6.07, 6.45) is 5.44. The van der Waals surface area contributed by atoms with Crippen molar-refractivity contribution in [1.82, 2.24) is 14.1 Å². The molecule has 2 aromatic heterocycles. The molecular formula is C12H14N4O4. The van der Waals surface area contributed by atoms with Crippen LogP contribution >= 0.6 is 0 Å². The van der Waals surface area contributed by atoms with Crippen LogP contribution in [0.15, 0.2) is 24.8 Å². The standard InChI is InChI=1S/C12H14N4O4/c1-2-3-14-8-13-5-10(14)7-15-6-9(16(19)20)4-11(15)12(17)18/h4-6,8H,2-3,7H2,1H3,(H,17,18). The summed E-state index contributed by atoms with van der Waals surface area (Å²) in [5.41, 5.74) is 0.463. The lowest BCUT2D eigenvalue weighted by Gasteiger charge is -2.08. The predicted molar refractivity (Wildman–Crippen MR) is 69.7 cm³/mol. The van der Waals surface area contributed by atoms with E-state index in [0.29, 0.717) is 0 Å². The van der Waals surface area contributed by atoms with Gasteiger partial charge in [0.05, 0.1) is 29.7 Å². The number of carboxylic acids is 1. The first-order valence-corrected chi connectivity index (χ1v) is 6.09. The van der Waals surface area contributed by atoms with Crippen LogP contribution in [0.5, 0.6) is 0 Å². The number of imidazole rings is 1. The molecule has 0 spiro atoms. The van der Waals surface area contributed by atoms with Gasteiger partial charge in [-0.2, -0.15) is 0 Å². The maximum atomic E-state index is 11.1. The van der Waals surface area contributed by atoms with Crippen molar-refractivity contribution < 1.29 is 14.8 Å². The molecule has 2 rings (SSSR count). The average Bonchev–Trinajstić information content (AvgIpc) is 2.98. The fourth-order valence-corrected chi connectivity index (χ4v) is 2.00. The monoisotopic (exact) mass is 278 g/mol. The highest BCUT2D eigenvalue weighted by Crippen LogP contribution is 2.18. The van der Waals surface area contributed by atoms with Crippen LogP contribution in [0.4, 0.5) is 5.69 Å². The van der Waals surface area contributed by atoms with Gasteiger partial charge in [-0.1, -0.05) is 6.92 Å². The van der Waals surface area contributed by atoms with Crippen LogP contribution in [0.3, 0.4) is 0 Å². The molecule has 0 saturated carbocycles. The van der Waals surface area contributed by atoms with E-state index in [1.165, 1.54) is 10.8 Å².